The first kappa shape index (κ1) is 15.0. The molecule has 0 unspecified atom stereocenters. The SMILES string of the molecule is COC[C@@H]1CC2(CCN(C(=O)C3CC=CC3)CC2)CN1C. The molecular weight excluding hydrogens is 264 g/mol. The molecule has 0 saturated carbocycles. The Morgan fingerprint density at radius 1 is 1.29 bits per heavy atom. The molecule has 2 fully saturated rings. The molecular formula is C17H28N2O2. The van der Waals surface area contributed by atoms with Crippen molar-refractivity contribution in [2.45, 2.75) is 38.1 Å². The summed E-state index contributed by atoms with van der Waals surface area (Å²) in [6, 6.07) is 0.552. The van der Waals surface area contributed by atoms with Crippen LogP contribution in [0.1, 0.15) is 32.1 Å². The predicted molar refractivity (Wildman–Crippen MR) is 83.0 cm³/mol. The van der Waals surface area contributed by atoms with Gasteiger partial charge in [-0.1, -0.05) is 12.2 Å². The first-order chi connectivity index (χ1) is 10.1. The maximum Gasteiger partial charge on any atom is 0.226 e. The van der Waals surface area contributed by atoms with Gasteiger partial charge in [-0.15, -0.1) is 0 Å². The third-order valence-corrected chi connectivity index (χ3v) is 5.73. The van der Waals surface area contributed by atoms with Crippen molar-refractivity contribution in [3.63, 3.8) is 0 Å². The van der Waals surface area contributed by atoms with Gasteiger partial charge in [0.2, 0.25) is 5.91 Å². The lowest BCUT2D eigenvalue weighted by atomic mass is 9.76. The minimum absolute atomic E-state index is 0.228. The largest absolute Gasteiger partial charge is 0.383 e. The van der Waals surface area contributed by atoms with Crippen LogP contribution < -0.4 is 0 Å². The molecule has 1 aliphatic carbocycles. The van der Waals surface area contributed by atoms with Crippen molar-refractivity contribution >= 4 is 5.91 Å². The lowest BCUT2D eigenvalue weighted by Crippen LogP contribution is -2.45. The Hall–Kier alpha value is -0.870. The Bertz CT molecular complexity index is 405. The van der Waals surface area contributed by atoms with Crippen LogP contribution in [0.25, 0.3) is 0 Å². The van der Waals surface area contributed by atoms with Gasteiger partial charge in [-0.05, 0) is 44.6 Å². The van der Waals surface area contributed by atoms with Crippen molar-refractivity contribution in [3.8, 4) is 0 Å². The fourth-order valence-corrected chi connectivity index (χ4v) is 4.40. The van der Waals surface area contributed by atoms with Crippen molar-refractivity contribution in [1.82, 2.24) is 9.80 Å². The molecule has 2 saturated heterocycles. The van der Waals surface area contributed by atoms with Crippen molar-refractivity contribution in [3.05, 3.63) is 12.2 Å². The molecule has 4 heteroatoms. The summed E-state index contributed by atoms with van der Waals surface area (Å²) >= 11 is 0. The van der Waals surface area contributed by atoms with Gasteiger partial charge >= 0.3 is 0 Å². The van der Waals surface area contributed by atoms with E-state index < -0.39 is 0 Å². The van der Waals surface area contributed by atoms with Crippen LogP contribution in [-0.4, -0.2) is 62.1 Å². The monoisotopic (exact) mass is 292 g/mol. The number of carbonyl (C=O) groups is 1. The van der Waals surface area contributed by atoms with E-state index in [1.165, 1.54) is 6.42 Å². The molecule has 3 aliphatic rings. The number of amides is 1. The molecule has 0 aromatic carbocycles. The van der Waals surface area contributed by atoms with E-state index in [9.17, 15) is 4.79 Å². The van der Waals surface area contributed by atoms with Crippen LogP contribution in [0.3, 0.4) is 0 Å². The van der Waals surface area contributed by atoms with Gasteiger partial charge in [0.25, 0.3) is 0 Å². The number of ether oxygens (including phenoxy) is 1. The highest BCUT2D eigenvalue weighted by atomic mass is 16.5. The average Bonchev–Trinajstić information content (AvgIpc) is 3.09. The highest BCUT2D eigenvalue weighted by molar-refractivity contribution is 5.79. The number of piperidine rings is 1. The molecule has 0 bridgehead atoms. The second-order valence-electron chi connectivity index (χ2n) is 7.19. The highest BCUT2D eigenvalue weighted by Gasteiger charge is 2.45. The number of likely N-dealkylation sites (tertiary alicyclic amines) is 2. The Labute approximate surface area is 128 Å². The molecule has 3 rings (SSSR count). The Morgan fingerprint density at radius 2 is 1.95 bits per heavy atom. The van der Waals surface area contributed by atoms with Crippen LogP contribution in [-0.2, 0) is 9.53 Å². The summed E-state index contributed by atoms with van der Waals surface area (Å²) in [5, 5.41) is 0. The van der Waals surface area contributed by atoms with Crippen LogP contribution in [0, 0.1) is 11.3 Å². The smallest absolute Gasteiger partial charge is 0.226 e. The number of carbonyl (C=O) groups excluding carboxylic acids is 1. The van der Waals surface area contributed by atoms with E-state index in [1.54, 1.807) is 7.11 Å². The number of hydrogen-bond acceptors (Lipinski definition) is 3. The van der Waals surface area contributed by atoms with Gasteiger partial charge in [0.05, 0.1) is 6.61 Å². The van der Waals surface area contributed by atoms with Gasteiger partial charge in [0.15, 0.2) is 0 Å². The van der Waals surface area contributed by atoms with Crippen LogP contribution >= 0.6 is 0 Å². The van der Waals surface area contributed by atoms with E-state index in [2.05, 4.69) is 29.0 Å². The van der Waals surface area contributed by atoms with Crippen LogP contribution in [0.5, 0.6) is 0 Å². The summed E-state index contributed by atoms with van der Waals surface area (Å²) in [5.74, 6) is 0.612. The molecule has 21 heavy (non-hydrogen) atoms. The van der Waals surface area contributed by atoms with Crippen LogP contribution in [0.2, 0.25) is 0 Å². The number of nitrogens with zero attached hydrogens (tertiary/aromatic N) is 2. The average molecular weight is 292 g/mol. The molecule has 0 N–H and O–H groups in total. The number of hydrogen-bond donors (Lipinski definition) is 0. The fourth-order valence-electron chi connectivity index (χ4n) is 4.40. The predicted octanol–water partition coefficient (Wildman–Crippen LogP) is 1.91. The topological polar surface area (TPSA) is 32.8 Å². The molecule has 0 radical (unpaired) electrons. The zero-order valence-corrected chi connectivity index (χ0v) is 13.4. The first-order valence-corrected chi connectivity index (χ1v) is 8.26. The maximum atomic E-state index is 12.5. The van der Waals surface area contributed by atoms with Crippen molar-refractivity contribution in [1.29, 1.82) is 0 Å². The van der Waals surface area contributed by atoms with Crippen molar-refractivity contribution in [2.75, 3.05) is 40.4 Å². The summed E-state index contributed by atoms with van der Waals surface area (Å²) < 4.78 is 5.34. The maximum absolute atomic E-state index is 12.5. The lowest BCUT2D eigenvalue weighted by Gasteiger charge is -2.40. The van der Waals surface area contributed by atoms with E-state index in [1.807, 2.05) is 0 Å². The summed E-state index contributed by atoms with van der Waals surface area (Å²) in [6.07, 6.45) is 9.72. The second-order valence-corrected chi connectivity index (χ2v) is 7.19. The van der Waals surface area contributed by atoms with E-state index in [0.717, 1.165) is 51.9 Å². The molecule has 1 amide bonds. The summed E-state index contributed by atoms with van der Waals surface area (Å²) in [6.45, 7) is 3.88. The normalized spacial score (nSPS) is 29.6. The number of likely N-dealkylation sites (N-methyl/N-ethyl adjacent to an activating group) is 1. The van der Waals surface area contributed by atoms with Crippen molar-refractivity contribution in [2.24, 2.45) is 11.3 Å². The fraction of sp³-hybridized carbons (Fsp3) is 0.824. The van der Waals surface area contributed by atoms with Crippen LogP contribution in [0.15, 0.2) is 12.2 Å². The summed E-state index contributed by atoms with van der Waals surface area (Å²) in [5.41, 5.74) is 0.419. The standard InChI is InChI=1S/C17H28N2O2/c1-18-13-17(11-15(18)12-21-2)7-9-19(10-8-17)16(20)14-5-3-4-6-14/h3-4,14-15H,5-13H2,1-2H3/t15-/m0/s1. The molecule has 2 heterocycles. The molecule has 1 atom stereocenters. The summed E-state index contributed by atoms with van der Waals surface area (Å²) in [4.78, 5) is 17.1. The van der Waals surface area contributed by atoms with Gasteiger partial charge in [-0.2, -0.15) is 0 Å². The lowest BCUT2D eigenvalue weighted by molar-refractivity contribution is -0.137. The van der Waals surface area contributed by atoms with Gasteiger partial charge in [-0.3, -0.25) is 4.79 Å². The van der Waals surface area contributed by atoms with E-state index in [4.69, 9.17) is 4.74 Å². The minimum Gasteiger partial charge on any atom is -0.383 e. The second kappa shape index (κ2) is 6.09. The third-order valence-electron chi connectivity index (χ3n) is 5.73. The van der Waals surface area contributed by atoms with Gasteiger partial charge in [-0.25, -0.2) is 0 Å². The number of rotatable bonds is 3. The van der Waals surface area contributed by atoms with E-state index in [0.29, 0.717) is 17.4 Å². The molecule has 4 nitrogen and oxygen atoms in total. The number of allylic oxidation sites excluding steroid dienone is 2. The van der Waals surface area contributed by atoms with Crippen LogP contribution in [0.4, 0.5) is 0 Å². The Morgan fingerprint density at radius 3 is 2.57 bits per heavy atom. The minimum atomic E-state index is 0.228. The van der Waals surface area contributed by atoms with E-state index in [-0.39, 0.29) is 5.92 Å². The quantitative estimate of drug-likeness (QED) is 0.745. The van der Waals surface area contributed by atoms with E-state index >= 15 is 0 Å². The number of methoxy groups -OCH3 is 1. The Kier molecular flexibility index (Phi) is 4.36. The summed E-state index contributed by atoms with van der Waals surface area (Å²) in [7, 11) is 4.00. The van der Waals surface area contributed by atoms with Crippen molar-refractivity contribution < 1.29 is 9.53 Å². The molecule has 2 aliphatic heterocycles. The highest BCUT2D eigenvalue weighted by Crippen LogP contribution is 2.43. The Balaban J connectivity index is 1.54. The van der Waals surface area contributed by atoms with Gasteiger partial charge in [0, 0.05) is 38.7 Å². The van der Waals surface area contributed by atoms with Gasteiger partial charge < -0.3 is 14.5 Å². The zero-order chi connectivity index (χ0) is 14.9. The molecule has 0 aromatic heterocycles. The van der Waals surface area contributed by atoms with Gasteiger partial charge in [0.1, 0.15) is 0 Å². The zero-order valence-electron chi connectivity index (χ0n) is 13.4. The molecule has 118 valence electrons. The molecule has 1 spiro atoms. The third kappa shape index (κ3) is 3.02. The first-order valence-electron chi connectivity index (χ1n) is 8.26. The molecule has 0 aromatic rings.